The summed E-state index contributed by atoms with van der Waals surface area (Å²) in [6, 6.07) is 12.0. The average Bonchev–Trinajstić information content (AvgIpc) is 2.98. The number of aromatic nitrogens is 1. The predicted molar refractivity (Wildman–Crippen MR) is 106 cm³/mol. The normalized spacial score (nSPS) is 12.6. The number of rotatable bonds is 4. The van der Waals surface area contributed by atoms with Gasteiger partial charge in [-0.1, -0.05) is 23.7 Å². The summed E-state index contributed by atoms with van der Waals surface area (Å²) < 4.78 is 1.76. The quantitative estimate of drug-likeness (QED) is 0.648. The van der Waals surface area contributed by atoms with E-state index in [2.05, 4.69) is 10.1 Å². The Kier molecular flexibility index (Phi) is 5.44. The summed E-state index contributed by atoms with van der Waals surface area (Å²) >= 11 is 7.49. The molecule has 26 heavy (non-hydrogen) atoms. The summed E-state index contributed by atoms with van der Waals surface area (Å²) in [7, 11) is 0. The van der Waals surface area contributed by atoms with Crippen LogP contribution in [0.2, 0.25) is 5.02 Å². The van der Waals surface area contributed by atoms with Gasteiger partial charge in [-0.3, -0.25) is 4.99 Å². The molecule has 0 bridgehead atoms. The molecule has 1 heterocycles. The van der Waals surface area contributed by atoms with Gasteiger partial charge in [0.1, 0.15) is 11.5 Å². The molecule has 134 valence electrons. The first-order valence-corrected chi connectivity index (χ1v) is 9.30. The van der Waals surface area contributed by atoms with Crippen molar-refractivity contribution in [1.29, 1.82) is 0 Å². The van der Waals surface area contributed by atoms with Crippen LogP contribution in [-0.2, 0) is 0 Å². The van der Waals surface area contributed by atoms with Crippen molar-refractivity contribution in [3.05, 3.63) is 63.2 Å². The van der Waals surface area contributed by atoms with E-state index in [1.165, 1.54) is 23.5 Å². The first kappa shape index (κ1) is 18.2. The number of thiazole rings is 1. The van der Waals surface area contributed by atoms with Gasteiger partial charge in [0.2, 0.25) is 4.80 Å². The van der Waals surface area contributed by atoms with Crippen molar-refractivity contribution >= 4 is 28.6 Å². The van der Waals surface area contributed by atoms with Gasteiger partial charge in [-0.15, -0.1) is 11.3 Å². The maximum Gasteiger partial charge on any atom is 0.206 e. The third-order valence-corrected chi connectivity index (χ3v) is 4.85. The second kappa shape index (κ2) is 7.76. The highest BCUT2D eigenvalue weighted by molar-refractivity contribution is 7.07. The van der Waals surface area contributed by atoms with Crippen LogP contribution in [0.15, 0.2) is 57.9 Å². The Morgan fingerprint density at radius 2 is 1.88 bits per heavy atom. The van der Waals surface area contributed by atoms with Gasteiger partial charge in [0.05, 0.1) is 11.4 Å². The van der Waals surface area contributed by atoms with Gasteiger partial charge in [-0.2, -0.15) is 5.10 Å². The van der Waals surface area contributed by atoms with Crippen LogP contribution >= 0.6 is 22.9 Å². The summed E-state index contributed by atoms with van der Waals surface area (Å²) in [5.74, 6) is -0.0186. The van der Waals surface area contributed by atoms with Crippen LogP contribution in [0, 0.1) is 0 Å². The van der Waals surface area contributed by atoms with Crippen LogP contribution in [0.5, 0.6) is 11.5 Å². The van der Waals surface area contributed by atoms with Crippen LogP contribution in [0.4, 0.5) is 0 Å². The van der Waals surface area contributed by atoms with E-state index in [9.17, 15) is 10.2 Å². The van der Waals surface area contributed by atoms with E-state index in [-0.39, 0.29) is 11.5 Å². The number of phenols is 2. The standard InChI is InChI=1S/C19H18ClN3O2S/c1-3-21-19-23(17(11-26-19)13-4-6-14(20)7-5-13)22-12(2)16-9-8-15(24)10-18(16)25/h4-11,24-25H,3H2,1-2H3. The van der Waals surface area contributed by atoms with Gasteiger partial charge in [0, 0.05) is 34.1 Å². The fraction of sp³-hybridized carbons (Fsp3) is 0.158. The minimum absolute atomic E-state index is 0.00533. The van der Waals surface area contributed by atoms with E-state index in [0.717, 1.165) is 16.1 Å². The molecule has 7 heteroatoms. The zero-order chi connectivity index (χ0) is 18.7. The molecular weight excluding hydrogens is 370 g/mol. The number of aromatic hydroxyl groups is 2. The first-order valence-electron chi connectivity index (χ1n) is 8.04. The molecule has 3 rings (SSSR count). The molecule has 0 radical (unpaired) electrons. The maximum absolute atomic E-state index is 10.1. The first-order chi connectivity index (χ1) is 12.5. The van der Waals surface area contributed by atoms with E-state index < -0.39 is 0 Å². The van der Waals surface area contributed by atoms with Crippen molar-refractivity contribution in [3.8, 4) is 22.8 Å². The number of benzene rings is 2. The summed E-state index contributed by atoms with van der Waals surface area (Å²) in [5.41, 5.74) is 3.01. The van der Waals surface area contributed by atoms with Gasteiger partial charge in [0.15, 0.2) is 0 Å². The third kappa shape index (κ3) is 3.81. The van der Waals surface area contributed by atoms with E-state index in [4.69, 9.17) is 11.6 Å². The monoisotopic (exact) mass is 387 g/mol. The molecule has 0 saturated heterocycles. The highest BCUT2D eigenvalue weighted by Gasteiger charge is 2.11. The molecule has 5 nitrogen and oxygen atoms in total. The molecule has 0 aliphatic carbocycles. The average molecular weight is 388 g/mol. The van der Waals surface area contributed by atoms with E-state index >= 15 is 0 Å². The number of hydrogen-bond acceptors (Lipinski definition) is 5. The molecule has 3 aromatic rings. The zero-order valence-corrected chi connectivity index (χ0v) is 15.9. The molecule has 0 amide bonds. The lowest BCUT2D eigenvalue weighted by molar-refractivity contribution is 0.450. The highest BCUT2D eigenvalue weighted by atomic mass is 35.5. The molecule has 2 N–H and O–H groups in total. The fourth-order valence-electron chi connectivity index (χ4n) is 2.49. The number of phenolic OH excluding ortho intramolecular Hbond substituents is 2. The van der Waals surface area contributed by atoms with Crippen molar-refractivity contribution in [3.63, 3.8) is 0 Å². The Morgan fingerprint density at radius 1 is 1.15 bits per heavy atom. The van der Waals surface area contributed by atoms with E-state index in [1.54, 1.807) is 17.7 Å². The van der Waals surface area contributed by atoms with Gasteiger partial charge < -0.3 is 10.2 Å². The molecule has 0 atom stereocenters. The summed E-state index contributed by atoms with van der Waals surface area (Å²) in [6.45, 7) is 4.41. The number of hydrogen-bond donors (Lipinski definition) is 2. The SMILES string of the molecule is CCN=c1scc(-c2ccc(Cl)cc2)n1N=C(C)c1ccc(O)cc1O. The van der Waals surface area contributed by atoms with E-state index in [0.29, 0.717) is 22.8 Å². The van der Waals surface area contributed by atoms with Crippen molar-refractivity contribution in [2.45, 2.75) is 13.8 Å². The topological polar surface area (TPSA) is 70.1 Å². The van der Waals surface area contributed by atoms with Gasteiger partial charge in [-0.25, -0.2) is 4.68 Å². The number of nitrogens with zero attached hydrogens (tertiary/aromatic N) is 3. The largest absolute Gasteiger partial charge is 0.508 e. The van der Waals surface area contributed by atoms with Gasteiger partial charge >= 0.3 is 0 Å². The highest BCUT2D eigenvalue weighted by Crippen LogP contribution is 2.25. The lowest BCUT2D eigenvalue weighted by atomic mass is 10.1. The molecular formula is C19H18ClN3O2S. The second-order valence-electron chi connectivity index (χ2n) is 5.58. The minimum Gasteiger partial charge on any atom is -0.508 e. The van der Waals surface area contributed by atoms with Crippen LogP contribution < -0.4 is 4.80 Å². The minimum atomic E-state index is -0.0240. The Morgan fingerprint density at radius 3 is 2.54 bits per heavy atom. The summed E-state index contributed by atoms with van der Waals surface area (Å²) in [4.78, 5) is 5.26. The molecule has 1 aromatic heterocycles. The fourth-order valence-corrected chi connectivity index (χ4v) is 3.51. The number of halogens is 1. The third-order valence-electron chi connectivity index (χ3n) is 3.74. The lowest BCUT2D eigenvalue weighted by Crippen LogP contribution is -2.14. The van der Waals surface area contributed by atoms with Gasteiger partial charge in [-0.05, 0) is 38.1 Å². The second-order valence-corrected chi connectivity index (χ2v) is 6.86. The maximum atomic E-state index is 10.1. The van der Waals surface area contributed by atoms with Crippen LogP contribution in [-0.4, -0.2) is 27.1 Å². The van der Waals surface area contributed by atoms with Crippen molar-refractivity contribution in [1.82, 2.24) is 4.68 Å². The van der Waals surface area contributed by atoms with Crippen LogP contribution in [0.25, 0.3) is 11.3 Å². The molecule has 0 unspecified atom stereocenters. The predicted octanol–water partition coefficient (Wildman–Crippen LogP) is 4.47. The molecule has 0 saturated carbocycles. The van der Waals surface area contributed by atoms with Crippen molar-refractivity contribution in [2.75, 3.05) is 6.54 Å². The lowest BCUT2D eigenvalue weighted by Gasteiger charge is -2.08. The Bertz CT molecular complexity index is 1020. The van der Waals surface area contributed by atoms with Gasteiger partial charge in [0.25, 0.3) is 0 Å². The Labute approximate surface area is 160 Å². The molecule has 0 aliphatic rings. The van der Waals surface area contributed by atoms with Crippen LogP contribution in [0.1, 0.15) is 19.4 Å². The smallest absolute Gasteiger partial charge is 0.206 e. The van der Waals surface area contributed by atoms with Crippen molar-refractivity contribution < 1.29 is 10.2 Å². The molecule has 0 fully saturated rings. The Hall–Kier alpha value is -2.57. The molecule has 0 aliphatic heterocycles. The Balaban J connectivity index is 2.15. The molecule has 0 spiro atoms. The van der Waals surface area contributed by atoms with Crippen LogP contribution in [0.3, 0.4) is 0 Å². The van der Waals surface area contributed by atoms with E-state index in [1.807, 2.05) is 36.6 Å². The molecule has 2 aromatic carbocycles. The van der Waals surface area contributed by atoms with Crippen molar-refractivity contribution in [2.24, 2.45) is 10.1 Å². The zero-order valence-electron chi connectivity index (χ0n) is 14.3. The summed E-state index contributed by atoms with van der Waals surface area (Å²) in [6.07, 6.45) is 0. The summed E-state index contributed by atoms with van der Waals surface area (Å²) in [5, 5.41) is 26.9.